The third-order valence-electron chi connectivity index (χ3n) is 8.83. The van der Waals surface area contributed by atoms with Gasteiger partial charge in [-0.1, -0.05) is 83.1 Å². The van der Waals surface area contributed by atoms with E-state index in [1.54, 1.807) is 0 Å². The fraction of sp³-hybridized carbons (Fsp3) is 1.00. The molecule has 0 spiro atoms. The molecule has 0 N–H and O–H groups in total. The maximum atomic E-state index is 14.4. The summed E-state index contributed by atoms with van der Waals surface area (Å²) in [5, 5.41) is 0. The molecule has 8 unspecified atom stereocenters. The summed E-state index contributed by atoms with van der Waals surface area (Å²) in [6.07, 6.45) is 3.05. The van der Waals surface area contributed by atoms with Crippen molar-refractivity contribution in [3.05, 3.63) is 0 Å². The molecule has 0 heterocycles. The molecular formula is C28H61O6P3. The van der Waals surface area contributed by atoms with Gasteiger partial charge in [0, 0.05) is 34.0 Å². The van der Waals surface area contributed by atoms with Gasteiger partial charge in [0.1, 0.15) is 6.10 Å². The molecule has 8 atom stereocenters. The van der Waals surface area contributed by atoms with E-state index in [0.717, 1.165) is 38.5 Å². The normalized spacial score (nSPS) is 23.9. The third-order valence-corrected chi connectivity index (χ3v) is 20.2. The number of rotatable bonds is 20. The molecule has 0 rings (SSSR count). The highest BCUT2D eigenvalue weighted by molar-refractivity contribution is 7.61. The Bertz CT molecular complexity index is 746. The molecule has 0 aliphatic heterocycles. The van der Waals surface area contributed by atoms with Gasteiger partial charge in [0.25, 0.3) is 0 Å². The summed E-state index contributed by atoms with van der Waals surface area (Å²) >= 11 is 0. The molecule has 224 valence electrons. The fourth-order valence-corrected chi connectivity index (χ4v) is 13.2. The van der Waals surface area contributed by atoms with E-state index in [4.69, 9.17) is 13.6 Å². The van der Waals surface area contributed by atoms with Crippen LogP contribution in [0, 0.1) is 0 Å². The van der Waals surface area contributed by atoms with Crippen molar-refractivity contribution < 1.29 is 27.3 Å². The van der Waals surface area contributed by atoms with Gasteiger partial charge in [-0.25, -0.2) is 0 Å². The van der Waals surface area contributed by atoms with Crippen molar-refractivity contribution in [3.8, 4) is 0 Å². The third kappa shape index (κ3) is 9.30. The average Bonchev–Trinajstić information content (AvgIpc) is 2.91. The Labute approximate surface area is 230 Å². The molecule has 0 aromatic carbocycles. The minimum atomic E-state index is -3.12. The number of hydrogen-bond acceptors (Lipinski definition) is 6. The minimum absolute atomic E-state index is 0.00496. The summed E-state index contributed by atoms with van der Waals surface area (Å²) < 4.78 is 62.0. The summed E-state index contributed by atoms with van der Waals surface area (Å²) in [4.78, 5) is 0. The first-order valence-electron chi connectivity index (χ1n) is 14.9. The predicted molar refractivity (Wildman–Crippen MR) is 163 cm³/mol. The molecule has 0 amide bonds. The van der Waals surface area contributed by atoms with E-state index >= 15 is 0 Å². The van der Waals surface area contributed by atoms with Gasteiger partial charge in [-0.3, -0.25) is 13.7 Å². The summed E-state index contributed by atoms with van der Waals surface area (Å²) in [7, 11) is -9.18. The van der Waals surface area contributed by atoms with Crippen molar-refractivity contribution in [1.29, 1.82) is 0 Å². The first-order chi connectivity index (χ1) is 17.1. The molecule has 6 nitrogen and oxygen atoms in total. The van der Waals surface area contributed by atoms with Gasteiger partial charge < -0.3 is 13.6 Å². The van der Waals surface area contributed by atoms with Gasteiger partial charge in [-0.05, 0) is 45.4 Å². The Hall–Kier alpha value is 0.570. The van der Waals surface area contributed by atoms with E-state index in [-0.39, 0.29) is 40.6 Å². The van der Waals surface area contributed by atoms with Crippen molar-refractivity contribution >= 4 is 22.1 Å². The van der Waals surface area contributed by atoms with Crippen molar-refractivity contribution in [2.45, 2.75) is 175 Å². The molecule has 0 saturated heterocycles. The Kier molecular flexibility index (Phi) is 17.0. The van der Waals surface area contributed by atoms with Crippen LogP contribution in [0.15, 0.2) is 0 Å². The Balaban J connectivity index is 6.53. The second-order valence-electron chi connectivity index (χ2n) is 11.2. The van der Waals surface area contributed by atoms with Crippen LogP contribution in [0.5, 0.6) is 0 Å². The van der Waals surface area contributed by atoms with Crippen LogP contribution in [-0.2, 0) is 27.3 Å². The van der Waals surface area contributed by atoms with E-state index in [2.05, 4.69) is 0 Å². The zero-order valence-electron chi connectivity index (χ0n) is 26.4. The van der Waals surface area contributed by atoms with Crippen LogP contribution in [0.1, 0.15) is 129 Å². The van der Waals surface area contributed by atoms with Crippen molar-refractivity contribution in [1.82, 2.24) is 0 Å². The molecule has 0 aliphatic carbocycles. The quantitative estimate of drug-likeness (QED) is 0.132. The Morgan fingerprint density at radius 3 is 1.03 bits per heavy atom. The predicted octanol–water partition coefficient (Wildman–Crippen LogP) is 10.4. The molecule has 0 saturated carbocycles. The van der Waals surface area contributed by atoms with E-state index in [1.165, 1.54) is 0 Å². The first-order valence-corrected chi connectivity index (χ1v) is 20.2. The van der Waals surface area contributed by atoms with Crippen molar-refractivity contribution in [2.24, 2.45) is 0 Å². The van der Waals surface area contributed by atoms with Gasteiger partial charge in [-0.2, -0.15) is 0 Å². The first kappa shape index (κ1) is 37.6. The molecule has 0 bridgehead atoms. The lowest BCUT2D eigenvalue weighted by molar-refractivity contribution is 0.0315. The molecule has 0 fully saturated rings. The Morgan fingerprint density at radius 1 is 0.459 bits per heavy atom. The summed E-state index contributed by atoms with van der Waals surface area (Å²) in [6.45, 7) is 25.9. The van der Waals surface area contributed by atoms with Gasteiger partial charge >= 0.3 is 0 Å². The summed E-state index contributed by atoms with van der Waals surface area (Å²) in [6, 6.07) is 0. The lowest BCUT2D eigenvalue weighted by Gasteiger charge is -2.39. The lowest BCUT2D eigenvalue weighted by Crippen LogP contribution is -2.36. The molecule has 0 radical (unpaired) electrons. The standard InChI is InChI=1S/C28H61O6P3/c1-14-21(7)35(29,22(8)15-2)32-20-28(34-37(31,25(11)18-5)26(12)19-6)27(13)33-36(30,23(9)16-3)24(10)17-4/h21-28H,14-20H2,1-13H3. The molecule has 0 aliphatic rings. The van der Waals surface area contributed by atoms with Crippen LogP contribution in [0.3, 0.4) is 0 Å². The fourth-order valence-electron chi connectivity index (χ4n) is 4.48. The van der Waals surface area contributed by atoms with Crippen LogP contribution in [0.4, 0.5) is 0 Å². The second-order valence-corrected chi connectivity index (χ2v) is 21.1. The van der Waals surface area contributed by atoms with Crippen LogP contribution in [-0.4, -0.2) is 52.8 Å². The summed E-state index contributed by atoms with van der Waals surface area (Å²) in [5.74, 6) is 0. The van der Waals surface area contributed by atoms with Crippen LogP contribution >= 0.6 is 22.1 Å². The lowest BCUT2D eigenvalue weighted by atomic mass is 10.2. The van der Waals surface area contributed by atoms with Gasteiger partial charge in [0.05, 0.1) is 12.7 Å². The largest absolute Gasteiger partial charge is 0.325 e. The molecule has 0 aromatic rings. The minimum Gasteiger partial charge on any atom is -0.325 e. The van der Waals surface area contributed by atoms with Gasteiger partial charge in [-0.15, -0.1) is 0 Å². The van der Waals surface area contributed by atoms with Crippen molar-refractivity contribution in [3.63, 3.8) is 0 Å². The molecule has 37 heavy (non-hydrogen) atoms. The SMILES string of the molecule is CCC(C)P(=O)(OCC(OP(=O)(C(C)CC)C(C)CC)C(C)OP(=O)(C(C)CC)C(C)CC)C(C)CC. The molecule has 0 aromatic heterocycles. The van der Waals surface area contributed by atoms with Crippen LogP contribution in [0.25, 0.3) is 0 Å². The van der Waals surface area contributed by atoms with Crippen LogP contribution < -0.4 is 0 Å². The zero-order valence-corrected chi connectivity index (χ0v) is 29.0. The molecule has 9 heteroatoms. The maximum Gasteiger partial charge on any atom is 0.208 e. The van der Waals surface area contributed by atoms with E-state index in [1.807, 2.05) is 90.0 Å². The zero-order chi connectivity index (χ0) is 29.2. The van der Waals surface area contributed by atoms with Crippen LogP contribution in [0.2, 0.25) is 0 Å². The highest BCUT2D eigenvalue weighted by Gasteiger charge is 2.44. The van der Waals surface area contributed by atoms with Crippen molar-refractivity contribution in [2.75, 3.05) is 6.61 Å². The van der Waals surface area contributed by atoms with Gasteiger partial charge in [0.15, 0.2) is 0 Å². The summed E-state index contributed by atoms with van der Waals surface area (Å²) in [5.41, 5.74) is -0.668. The Morgan fingerprint density at radius 2 is 0.730 bits per heavy atom. The average molecular weight is 587 g/mol. The highest BCUT2D eigenvalue weighted by atomic mass is 31.2. The van der Waals surface area contributed by atoms with E-state index in [0.29, 0.717) is 0 Å². The van der Waals surface area contributed by atoms with Gasteiger partial charge in [0.2, 0.25) is 22.1 Å². The molecular weight excluding hydrogens is 525 g/mol. The highest BCUT2D eigenvalue weighted by Crippen LogP contribution is 2.63. The second kappa shape index (κ2) is 16.7. The number of hydrogen-bond donors (Lipinski definition) is 0. The van der Waals surface area contributed by atoms with E-state index in [9.17, 15) is 13.7 Å². The maximum absolute atomic E-state index is 14.4. The topological polar surface area (TPSA) is 78.9 Å². The monoisotopic (exact) mass is 586 g/mol. The van der Waals surface area contributed by atoms with E-state index < -0.39 is 34.3 Å². The smallest absolute Gasteiger partial charge is 0.208 e.